The van der Waals surface area contributed by atoms with Crippen molar-refractivity contribution in [2.24, 2.45) is 5.73 Å². The summed E-state index contributed by atoms with van der Waals surface area (Å²) < 4.78 is 0. The molecule has 0 aromatic heterocycles. The molecule has 0 atom stereocenters. The van der Waals surface area contributed by atoms with Crippen LogP contribution in [-0.4, -0.2) is 0 Å². The molecule has 1 nitrogen and oxygen atoms in total. The predicted octanol–water partition coefficient (Wildman–Crippen LogP) is 4.43. The van der Waals surface area contributed by atoms with Gasteiger partial charge in [0.15, 0.2) is 0 Å². The summed E-state index contributed by atoms with van der Waals surface area (Å²) in [6.07, 6.45) is 0. The van der Waals surface area contributed by atoms with Crippen LogP contribution >= 0.6 is 23.2 Å². The van der Waals surface area contributed by atoms with Crippen LogP contribution in [0.1, 0.15) is 11.1 Å². The molecule has 0 saturated heterocycles. The van der Waals surface area contributed by atoms with Crippen molar-refractivity contribution >= 4 is 23.2 Å². The molecule has 0 spiro atoms. The maximum atomic E-state index is 6.02. The summed E-state index contributed by atoms with van der Waals surface area (Å²) >= 11 is 11.9. The maximum Gasteiger partial charge on any atom is 0.0598 e. The molecule has 0 bridgehead atoms. The first-order valence-electron chi connectivity index (χ1n) is 5.37. The molecular formula is C14H13Cl2N. The van der Waals surface area contributed by atoms with Gasteiger partial charge in [-0.25, -0.2) is 0 Å². The molecule has 0 aliphatic rings. The van der Waals surface area contributed by atoms with E-state index >= 15 is 0 Å². The Morgan fingerprint density at radius 3 is 2.35 bits per heavy atom. The van der Waals surface area contributed by atoms with Crippen molar-refractivity contribution in [2.45, 2.75) is 13.5 Å². The van der Waals surface area contributed by atoms with Gasteiger partial charge in [0, 0.05) is 6.54 Å². The lowest BCUT2D eigenvalue weighted by molar-refractivity contribution is 1.07. The minimum atomic E-state index is 0.558. The van der Waals surface area contributed by atoms with Crippen LogP contribution in [0.25, 0.3) is 11.1 Å². The van der Waals surface area contributed by atoms with Crippen LogP contribution in [0.15, 0.2) is 36.4 Å². The molecular weight excluding hydrogens is 253 g/mol. The summed E-state index contributed by atoms with van der Waals surface area (Å²) in [5.41, 5.74) is 10.2. The van der Waals surface area contributed by atoms with Crippen molar-refractivity contribution in [1.82, 2.24) is 0 Å². The van der Waals surface area contributed by atoms with Crippen molar-refractivity contribution in [3.8, 4) is 11.1 Å². The number of hydrogen-bond donors (Lipinski definition) is 1. The van der Waals surface area contributed by atoms with Crippen LogP contribution < -0.4 is 5.73 Å². The smallest absolute Gasteiger partial charge is 0.0598 e. The molecule has 0 aliphatic carbocycles. The quantitative estimate of drug-likeness (QED) is 0.855. The van der Waals surface area contributed by atoms with Crippen molar-refractivity contribution in [3.63, 3.8) is 0 Å². The van der Waals surface area contributed by atoms with E-state index in [9.17, 15) is 0 Å². The Balaban J connectivity index is 2.49. The van der Waals surface area contributed by atoms with Crippen LogP contribution in [0.4, 0.5) is 0 Å². The second-order valence-corrected chi connectivity index (χ2v) is 4.80. The number of rotatable bonds is 2. The highest BCUT2D eigenvalue weighted by molar-refractivity contribution is 6.42. The molecule has 2 N–H and O–H groups in total. The average molecular weight is 266 g/mol. The van der Waals surface area contributed by atoms with E-state index in [1.807, 2.05) is 24.3 Å². The van der Waals surface area contributed by atoms with Crippen LogP contribution in [0, 0.1) is 6.92 Å². The lowest BCUT2D eigenvalue weighted by Gasteiger charge is -2.09. The minimum Gasteiger partial charge on any atom is -0.326 e. The Kier molecular flexibility index (Phi) is 3.72. The summed E-state index contributed by atoms with van der Waals surface area (Å²) in [6, 6.07) is 11.9. The van der Waals surface area contributed by atoms with E-state index in [0.717, 1.165) is 16.7 Å². The number of halogens is 2. The molecule has 0 unspecified atom stereocenters. The van der Waals surface area contributed by atoms with Crippen LogP contribution in [-0.2, 0) is 6.54 Å². The van der Waals surface area contributed by atoms with Crippen LogP contribution in [0.5, 0.6) is 0 Å². The molecule has 0 heterocycles. The van der Waals surface area contributed by atoms with Crippen molar-refractivity contribution in [1.29, 1.82) is 0 Å². The van der Waals surface area contributed by atoms with Gasteiger partial charge in [0.2, 0.25) is 0 Å². The van der Waals surface area contributed by atoms with E-state index in [-0.39, 0.29) is 0 Å². The second kappa shape index (κ2) is 5.09. The zero-order valence-electron chi connectivity index (χ0n) is 9.50. The molecule has 0 amide bonds. The zero-order chi connectivity index (χ0) is 12.4. The van der Waals surface area contributed by atoms with Gasteiger partial charge in [0.05, 0.1) is 10.0 Å². The van der Waals surface area contributed by atoms with E-state index < -0.39 is 0 Å². The highest BCUT2D eigenvalue weighted by atomic mass is 35.5. The average Bonchev–Trinajstić information content (AvgIpc) is 2.32. The van der Waals surface area contributed by atoms with E-state index in [4.69, 9.17) is 28.9 Å². The van der Waals surface area contributed by atoms with Crippen molar-refractivity contribution < 1.29 is 0 Å². The zero-order valence-corrected chi connectivity index (χ0v) is 11.0. The molecule has 3 heteroatoms. The number of aryl methyl sites for hydroxylation is 1. The van der Waals surface area contributed by atoms with Gasteiger partial charge < -0.3 is 5.73 Å². The topological polar surface area (TPSA) is 26.0 Å². The monoisotopic (exact) mass is 265 g/mol. The molecule has 2 aromatic carbocycles. The number of benzene rings is 2. The largest absolute Gasteiger partial charge is 0.326 e. The standard InChI is InChI=1S/C14H13Cl2N/c1-9-6-10(8-17)2-4-12(9)11-3-5-13(15)14(16)7-11/h2-7H,8,17H2,1H3. The second-order valence-electron chi connectivity index (χ2n) is 3.98. The first kappa shape index (κ1) is 12.4. The van der Waals surface area contributed by atoms with Gasteiger partial charge in [-0.2, -0.15) is 0 Å². The molecule has 88 valence electrons. The van der Waals surface area contributed by atoms with Crippen LogP contribution in [0.3, 0.4) is 0 Å². The summed E-state index contributed by atoms with van der Waals surface area (Å²) in [7, 11) is 0. The lowest BCUT2D eigenvalue weighted by Crippen LogP contribution is -1.97. The molecule has 2 aromatic rings. The number of hydrogen-bond acceptors (Lipinski definition) is 1. The molecule has 17 heavy (non-hydrogen) atoms. The van der Waals surface area contributed by atoms with Gasteiger partial charge in [-0.1, -0.05) is 47.5 Å². The van der Waals surface area contributed by atoms with E-state index in [0.29, 0.717) is 16.6 Å². The Labute approximate surface area is 111 Å². The van der Waals surface area contributed by atoms with Gasteiger partial charge in [0.25, 0.3) is 0 Å². The van der Waals surface area contributed by atoms with Gasteiger partial charge >= 0.3 is 0 Å². The molecule has 0 saturated carbocycles. The fourth-order valence-electron chi connectivity index (χ4n) is 1.84. The molecule has 0 aliphatic heterocycles. The summed E-state index contributed by atoms with van der Waals surface area (Å²) in [6.45, 7) is 2.62. The summed E-state index contributed by atoms with van der Waals surface area (Å²) in [4.78, 5) is 0. The van der Waals surface area contributed by atoms with Crippen molar-refractivity contribution in [3.05, 3.63) is 57.6 Å². The fourth-order valence-corrected chi connectivity index (χ4v) is 2.14. The van der Waals surface area contributed by atoms with E-state index in [1.165, 1.54) is 5.56 Å². The summed E-state index contributed by atoms with van der Waals surface area (Å²) in [5, 5.41) is 1.15. The van der Waals surface area contributed by atoms with Crippen molar-refractivity contribution in [2.75, 3.05) is 0 Å². The lowest BCUT2D eigenvalue weighted by atomic mass is 9.98. The third kappa shape index (κ3) is 2.63. The molecule has 0 radical (unpaired) electrons. The molecule has 2 rings (SSSR count). The highest BCUT2D eigenvalue weighted by Gasteiger charge is 2.05. The third-order valence-electron chi connectivity index (χ3n) is 2.76. The highest BCUT2D eigenvalue weighted by Crippen LogP contribution is 2.30. The van der Waals surface area contributed by atoms with Gasteiger partial charge in [-0.3, -0.25) is 0 Å². The Hall–Kier alpha value is -1.02. The van der Waals surface area contributed by atoms with E-state index in [2.05, 4.69) is 19.1 Å². The first-order valence-corrected chi connectivity index (χ1v) is 6.12. The van der Waals surface area contributed by atoms with Gasteiger partial charge in [-0.15, -0.1) is 0 Å². The normalized spacial score (nSPS) is 10.6. The summed E-state index contributed by atoms with van der Waals surface area (Å²) in [5.74, 6) is 0. The Morgan fingerprint density at radius 1 is 1.00 bits per heavy atom. The third-order valence-corrected chi connectivity index (χ3v) is 3.50. The molecule has 0 fully saturated rings. The Morgan fingerprint density at radius 2 is 1.76 bits per heavy atom. The van der Waals surface area contributed by atoms with Crippen LogP contribution in [0.2, 0.25) is 10.0 Å². The minimum absolute atomic E-state index is 0.558. The van der Waals surface area contributed by atoms with Gasteiger partial charge in [-0.05, 0) is 41.3 Å². The fraction of sp³-hybridized carbons (Fsp3) is 0.143. The predicted molar refractivity (Wildman–Crippen MR) is 74.5 cm³/mol. The number of nitrogens with two attached hydrogens (primary N) is 1. The Bertz CT molecular complexity index is 550. The maximum absolute atomic E-state index is 6.02. The first-order chi connectivity index (χ1) is 8.11. The van der Waals surface area contributed by atoms with Gasteiger partial charge in [0.1, 0.15) is 0 Å². The SMILES string of the molecule is Cc1cc(CN)ccc1-c1ccc(Cl)c(Cl)c1. The van der Waals surface area contributed by atoms with E-state index in [1.54, 1.807) is 0 Å².